The van der Waals surface area contributed by atoms with Gasteiger partial charge in [-0.1, -0.05) is 0 Å². The van der Waals surface area contributed by atoms with Gasteiger partial charge in [0.05, 0.1) is 6.61 Å². The van der Waals surface area contributed by atoms with Crippen LogP contribution in [0.15, 0.2) is 0 Å². The average Bonchev–Trinajstić information content (AvgIpc) is 2.32. The minimum Gasteiger partial charge on any atom is -0.456 e. The Hall–Kier alpha value is -1.06. The fourth-order valence-corrected chi connectivity index (χ4v) is 0.857. The molecule has 0 rings (SSSR count). The second-order valence-electron chi connectivity index (χ2n) is 3.44. The van der Waals surface area contributed by atoms with Crippen molar-refractivity contribution < 1.29 is 39.9 Å². The zero-order chi connectivity index (χ0) is 13.6. The fraction of sp³-hybridized carbons (Fsp3) is 0.778. The maximum atomic E-state index is 11.2. The molecule has 0 heterocycles. The first kappa shape index (κ1) is 15.9. The average molecular weight is 252 g/mol. The molecule has 0 aliphatic rings. The molecule has 1 unspecified atom stereocenters. The molecule has 0 aliphatic carbocycles. The molecule has 0 aromatic heterocycles. The summed E-state index contributed by atoms with van der Waals surface area (Å²) < 4.78 is 4.30. The zero-order valence-electron chi connectivity index (χ0n) is 9.18. The van der Waals surface area contributed by atoms with Gasteiger partial charge in [0.25, 0.3) is 0 Å². The Labute approximate surface area is 97.1 Å². The summed E-state index contributed by atoms with van der Waals surface area (Å²) in [5.74, 6) is -2.11. The molecule has 0 aliphatic heterocycles. The van der Waals surface area contributed by atoms with Gasteiger partial charge in [0.1, 0.15) is 24.4 Å². The minimum atomic E-state index is -1.99. The van der Waals surface area contributed by atoms with E-state index >= 15 is 0 Å². The van der Waals surface area contributed by atoms with Gasteiger partial charge in [-0.2, -0.15) is 0 Å². The van der Waals surface area contributed by atoms with E-state index in [2.05, 4.69) is 4.74 Å². The first-order valence-corrected chi connectivity index (χ1v) is 4.83. The largest absolute Gasteiger partial charge is 0.456 e. The Morgan fingerprint density at radius 3 is 2.12 bits per heavy atom. The van der Waals surface area contributed by atoms with Gasteiger partial charge in [-0.05, 0) is 6.92 Å². The summed E-state index contributed by atoms with van der Waals surface area (Å²) >= 11 is 0. The Kier molecular flexibility index (Phi) is 6.85. The van der Waals surface area contributed by atoms with Crippen LogP contribution in [0.4, 0.5) is 0 Å². The van der Waals surface area contributed by atoms with Crippen LogP contribution < -0.4 is 0 Å². The normalized spacial score (nSPS) is 18.0. The first-order valence-electron chi connectivity index (χ1n) is 4.83. The maximum absolute atomic E-state index is 11.2. The van der Waals surface area contributed by atoms with E-state index in [9.17, 15) is 14.7 Å². The van der Waals surface area contributed by atoms with E-state index < -0.39 is 49.4 Å². The van der Waals surface area contributed by atoms with Crippen LogP contribution in [0.5, 0.6) is 0 Å². The van der Waals surface area contributed by atoms with Crippen molar-refractivity contribution in [1.82, 2.24) is 0 Å². The number of esters is 1. The van der Waals surface area contributed by atoms with E-state index in [1.807, 2.05) is 0 Å². The van der Waals surface area contributed by atoms with E-state index in [1.165, 1.54) is 0 Å². The molecular weight excluding hydrogens is 236 g/mol. The van der Waals surface area contributed by atoms with Gasteiger partial charge in [0.15, 0.2) is 6.61 Å². The van der Waals surface area contributed by atoms with Crippen molar-refractivity contribution in [3.05, 3.63) is 0 Å². The molecule has 0 aromatic rings. The Morgan fingerprint density at radius 1 is 1.18 bits per heavy atom. The fourth-order valence-electron chi connectivity index (χ4n) is 0.857. The molecule has 0 saturated carbocycles. The lowest BCUT2D eigenvalue weighted by atomic mass is 10.1. The number of Topliss-reactive ketones (excluding diaryl/α,β-unsaturated/α-hetero) is 1. The molecule has 0 spiro atoms. The molecule has 0 amide bonds. The smallest absolute Gasteiger partial charge is 0.335 e. The van der Waals surface area contributed by atoms with Gasteiger partial charge >= 0.3 is 5.97 Å². The summed E-state index contributed by atoms with van der Waals surface area (Å²) in [5, 5.41) is 44.5. The third-order valence-corrected chi connectivity index (χ3v) is 1.93. The second-order valence-corrected chi connectivity index (χ2v) is 3.44. The van der Waals surface area contributed by atoms with E-state index in [1.54, 1.807) is 0 Å². The predicted molar refractivity (Wildman–Crippen MR) is 52.8 cm³/mol. The van der Waals surface area contributed by atoms with Crippen molar-refractivity contribution in [3.8, 4) is 0 Å². The number of carbonyl (C=O) groups is 2. The van der Waals surface area contributed by atoms with Crippen LogP contribution in [-0.4, -0.2) is 74.9 Å². The van der Waals surface area contributed by atoms with Gasteiger partial charge in [-0.15, -0.1) is 0 Å². The number of hydrogen-bond acceptors (Lipinski definition) is 8. The van der Waals surface area contributed by atoms with Crippen LogP contribution in [-0.2, 0) is 14.3 Å². The van der Waals surface area contributed by atoms with Gasteiger partial charge in [0.2, 0.25) is 5.78 Å². The van der Waals surface area contributed by atoms with Crippen LogP contribution in [0.25, 0.3) is 0 Å². The summed E-state index contributed by atoms with van der Waals surface area (Å²) in [6.45, 7) is -0.549. The molecular formula is C9H16O8. The van der Waals surface area contributed by atoms with Crippen LogP contribution in [0.3, 0.4) is 0 Å². The number of carbonyl (C=O) groups excluding carboxylic acids is 2. The molecule has 0 saturated heterocycles. The molecule has 8 nitrogen and oxygen atoms in total. The van der Waals surface area contributed by atoms with Crippen molar-refractivity contribution >= 4 is 11.8 Å². The summed E-state index contributed by atoms with van der Waals surface area (Å²) in [5.41, 5.74) is 0. The van der Waals surface area contributed by atoms with Crippen LogP contribution in [0.1, 0.15) is 6.92 Å². The van der Waals surface area contributed by atoms with Crippen molar-refractivity contribution in [2.75, 3.05) is 13.2 Å². The van der Waals surface area contributed by atoms with Crippen molar-refractivity contribution in [2.24, 2.45) is 0 Å². The number of hydrogen-bond donors (Lipinski definition) is 5. The van der Waals surface area contributed by atoms with Crippen molar-refractivity contribution in [1.29, 1.82) is 0 Å². The van der Waals surface area contributed by atoms with Crippen LogP contribution in [0, 0.1) is 0 Å². The first-order chi connectivity index (χ1) is 7.81. The maximum Gasteiger partial charge on any atom is 0.335 e. The summed E-state index contributed by atoms with van der Waals surface area (Å²) in [6.07, 6.45) is -6.95. The molecule has 0 aromatic carbocycles. The highest BCUT2D eigenvalue weighted by Crippen LogP contribution is 2.02. The Bertz CT molecular complexity index is 264. The lowest BCUT2D eigenvalue weighted by Crippen LogP contribution is -2.45. The quantitative estimate of drug-likeness (QED) is 0.294. The highest BCUT2D eigenvalue weighted by Gasteiger charge is 2.30. The topological polar surface area (TPSA) is 145 Å². The standard InChI is InChI=1S/C9H16O8/c1-4(11)9(16)17-3-6(13)8(15)7(14)5(12)2-10/h4-5,7-8,10-12,14-15H,2-3H2,1H3/t4?,5-,7-,8-/m1/s1. The molecule has 0 radical (unpaired) electrons. The number of aliphatic hydroxyl groups excluding tert-OH is 5. The summed E-state index contributed by atoms with van der Waals surface area (Å²) in [4.78, 5) is 21.9. The van der Waals surface area contributed by atoms with Crippen LogP contribution >= 0.6 is 0 Å². The highest BCUT2D eigenvalue weighted by atomic mass is 16.5. The SMILES string of the molecule is CC(O)C(=O)OCC(=O)[C@@H](O)[C@H](O)[C@H](O)CO. The predicted octanol–water partition coefficient (Wildman–Crippen LogP) is -3.45. The zero-order valence-corrected chi connectivity index (χ0v) is 9.18. The summed E-state index contributed by atoms with van der Waals surface area (Å²) in [6, 6.07) is 0. The number of ether oxygens (including phenoxy) is 1. The van der Waals surface area contributed by atoms with E-state index in [0.717, 1.165) is 6.92 Å². The van der Waals surface area contributed by atoms with Crippen LogP contribution in [0.2, 0.25) is 0 Å². The molecule has 100 valence electrons. The van der Waals surface area contributed by atoms with E-state index in [4.69, 9.17) is 20.4 Å². The molecule has 0 bridgehead atoms. The Morgan fingerprint density at radius 2 is 1.71 bits per heavy atom. The molecule has 8 heteroatoms. The summed E-state index contributed by atoms with van der Waals surface area (Å²) in [7, 11) is 0. The molecule has 0 fully saturated rings. The van der Waals surface area contributed by atoms with E-state index in [-0.39, 0.29) is 0 Å². The Balaban J connectivity index is 4.19. The minimum absolute atomic E-state index is 0.834. The number of aliphatic hydroxyl groups is 5. The third-order valence-electron chi connectivity index (χ3n) is 1.93. The third kappa shape index (κ3) is 5.20. The second kappa shape index (κ2) is 7.30. The molecule has 4 atom stereocenters. The number of rotatable bonds is 7. The highest BCUT2D eigenvalue weighted by molar-refractivity contribution is 5.87. The van der Waals surface area contributed by atoms with E-state index in [0.29, 0.717) is 0 Å². The monoisotopic (exact) mass is 252 g/mol. The van der Waals surface area contributed by atoms with Gasteiger partial charge in [-0.25, -0.2) is 4.79 Å². The van der Waals surface area contributed by atoms with Gasteiger partial charge in [-0.3, -0.25) is 4.79 Å². The van der Waals surface area contributed by atoms with Gasteiger partial charge in [0, 0.05) is 0 Å². The molecule has 17 heavy (non-hydrogen) atoms. The lowest BCUT2D eigenvalue weighted by Gasteiger charge is -2.20. The van der Waals surface area contributed by atoms with Gasteiger partial charge < -0.3 is 30.3 Å². The van der Waals surface area contributed by atoms with Crippen molar-refractivity contribution in [2.45, 2.75) is 31.3 Å². The van der Waals surface area contributed by atoms with Crippen molar-refractivity contribution in [3.63, 3.8) is 0 Å². The lowest BCUT2D eigenvalue weighted by molar-refractivity contribution is -0.160. The number of ketones is 1. The molecule has 5 N–H and O–H groups in total.